The number of thioether (sulfide) groups is 1. The molecule has 1 saturated heterocycles. The smallest absolute Gasteiger partial charge is 0.278 e. The van der Waals surface area contributed by atoms with Crippen molar-refractivity contribution in [2.75, 3.05) is 18.9 Å². The number of carbonyl (C=O) groups excluding carboxylic acids is 1. The van der Waals surface area contributed by atoms with Gasteiger partial charge < -0.3 is 14.6 Å². The molecule has 1 amide bonds. The third-order valence-corrected chi connectivity index (χ3v) is 9.77. The van der Waals surface area contributed by atoms with Gasteiger partial charge in [-0.2, -0.15) is 0 Å². The van der Waals surface area contributed by atoms with E-state index in [4.69, 9.17) is 27.1 Å². The first-order valence-electron chi connectivity index (χ1n) is 12.7. The van der Waals surface area contributed by atoms with Gasteiger partial charge in [0, 0.05) is 13.2 Å². The number of thiazole rings is 1. The van der Waals surface area contributed by atoms with Gasteiger partial charge in [0.1, 0.15) is 10.5 Å². The zero-order valence-corrected chi connectivity index (χ0v) is 24.9. The molecule has 1 fully saturated rings. The number of ether oxygens (including phenoxy) is 1. The van der Waals surface area contributed by atoms with Gasteiger partial charge in [0.25, 0.3) is 5.56 Å². The van der Waals surface area contributed by atoms with Gasteiger partial charge in [0.15, 0.2) is 14.8 Å². The van der Waals surface area contributed by atoms with Crippen LogP contribution in [-0.2, 0) is 32.5 Å². The fourth-order valence-corrected chi connectivity index (χ4v) is 7.05. The topological polar surface area (TPSA) is 138 Å². The summed E-state index contributed by atoms with van der Waals surface area (Å²) in [5, 5.41) is 8.23. The van der Waals surface area contributed by atoms with E-state index >= 15 is 0 Å². The van der Waals surface area contributed by atoms with Crippen molar-refractivity contribution in [2.45, 2.75) is 42.0 Å². The summed E-state index contributed by atoms with van der Waals surface area (Å²) in [6.07, 6.45) is 2.32. The van der Waals surface area contributed by atoms with Crippen LogP contribution in [0.4, 0.5) is 4.39 Å². The average molecular weight is 636 g/mol. The summed E-state index contributed by atoms with van der Waals surface area (Å²) in [6, 6.07) is 11.6. The van der Waals surface area contributed by atoms with Crippen LogP contribution in [-0.4, -0.2) is 53.5 Å². The SMILES string of the molecule is NS(=O)(=O)c1ccc(CCNC(=O)CSc2nc3c(sc(=S)n3C[C@H]3CCCO3)c(=O)n2-c2ccc(F)cc2)cc1. The first-order valence-corrected chi connectivity index (χ1v) is 16.4. The van der Waals surface area contributed by atoms with Crippen molar-refractivity contribution in [1.29, 1.82) is 0 Å². The van der Waals surface area contributed by atoms with Gasteiger partial charge in [-0.25, -0.2) is 22.9 Å². The summed E-state index contributed by atoms with van der Waals surface area (Å²) < 4.78 is 46.3. The molecule has 1 aliphatic rings. The van der Waals surface area contributed by atoms with Crippen LogP contribution < -0.4 is 16.0 Å². The lowest BCUT2D eigenvalue weighted by atomic mass is 10.1. The van der Waals surface area contributed by atoms with Crippen molar-refractivity contribution in [3.8, 4) is 5.69 Å². The second-order valence-electron chi connectivity index (χ2n) is 9.36. The summed E-state index contributed by atoms with van der Waals surface area (Å²) in [7, 11) is -3.77. The Hall–Kier alpha value is -2.95. The molecule has 10 nitrogen and oxygen atoms in total. The van der Waals surface area contributed by atoms with Crippen LogP contribution in [0.15, 0.2) is 63.4 Å². The van der Waals surface area contributed by atoms with Crippen molar-refractivity contribution in [2.24, 2.45) is 5.14 Å². The molecular weight excluding hydrogens is 610 g/mol. The molecule has 0 unspecified atom stereocenters. The molecule has 0 spiro atoms. The maximum absolute atomic E-state index is 13.7. The van der Waals surface area contributed by atoms with Gasteiger partial charge in [-0.15, -0.1) is 0 Å². The van der Waals surface area contributed by atoms with Crippen LogP contribution in [0, 0.1) is 9.77 Å². The molecule has 3 N–H and O–H groups in total. The Morgan fingerprint density at radius 1 is 1.22 bits per heavy atom. The minimum absolute atomic E-state index is 0.0152. The zero-order chi connectivity index (χ0) is 29.1. The summed E-state index contributed by atoms with van der Waals surface area (Å²) >= 11 is 7.82. The number of rotatable bonds is 10. The van der Waals surface area contributed by atoms with Crippen LogP contribution in [0.5, 0.6) is 0 Å². The molecule has 0 saturated carbocycles. The zero-order valence-electron chi connectivity index (χ0n) is 21.6. The Labute approximate surface area is 248 Å². The summed E-state index contributed by atoms with van der Waals surface area (Å²) in [5.41, 5.74) is 1.33. The molecule has 0 bridgehead atoms. The lowest BCUT2D eigenvalue weighted by Gasteiger charge is -2.14. The van der Waals surface area contributed by atoms with E-state index in [0.29, 0.717) is 46.1 Å². The standard InChI is InChI=1S/C26H26FN5O5S4/c27-17-5-7-18(8-6-17)32-24(34)22-23(31(26(38)40-22)14-19-2-1-13-37-19)30-25(32)39-15-21(33)29-12-11-16-3-9-20(10-4-16)41(28,35)36/h3-10,19H,1-2,11-15H2,(H,29,33)(H2,28,35,36)/t19-/m1/s1. The monoisotopic (exact) mass is 635 g/mol. The molecule has 4 aromatic rings. The molecule has 0 aliphatic carbocycles. The van der Waals surface area contributed by atoms with Gasteiger partial charge in [0.2, 0.25) is 15.9 Å². The third kappa shape index (κ3) is 6.93. The number of benzene rings is 2. The minimum atomic E-state index is -3.77. The molecule has 15 heteroatoms. The fourth-order valence-electron chi connectivity index (χ4n) is 4.42. The number of amides is 1. The molecule has 0 radical (unpaired) electrons. The number of halogens is 1. The number of primary sulfonamides is 1. The van der Waals surface area contributed by atoms with Crippen LogP contribution in [0.1, 0.15) is 18.4 Å². The van der Waals surface area contributed by atoms with Crippen molar-refractivity contribution in [3.05, 3.63) is 74.2 Å². The predicted molar refractivity (Wildman–Crippen MR) is 158 cm³/mol. The van der Waals surface area contributed by atoms with E-state index in [0.717, 1.165) is 30.2 Å². The highest BCUT2D eigenvalue weighted by atomic mass is 32.2. The summed E-state index contributed by atoms with van der Waals surface area (Å²) in [4.78, 5) is 31.2. The van der Waals surface area contributed by atoms with E-state index < -0.39 is 15.8 Å². The van der Waals surface area contributed by atoms with Crippen molar-refractivity contribution < 1.29 is 22.3 Å². The van der Waals surface area contributed by atoms with Gasteiger partial charge >= 0.3 is 0 Å². The van der Waals surface area contributed by atoms with E-state index in [1.165, 1.54) is 52.3 Å². The molecule has 216 valence electrons. The molecule has 1 aliphatic heterocycles. The fraction of sp³-hybridized carbons (Fsp3) is 0.308. The summed E-state index contributed by atoms with van der Waals surface area (Å²) in [6.45, 7) is 1.48. The van der Waals surface area contributed by atoms with E-state index in [9.17, 15) is 22.4 Å². The Morgan fingerprint density at radius 3 is 2.61 bits per heavy atom. The average Bonchev–Trinajstić information content (AvgIpc) is 3.56. The summed E-state index contributed by atoms with van der Waals surface area (Å²) in [5.74, 6) is -0.750. The number of carbonyl (C=O) groups is 1. The van der Waals surface area contributed by atoms with E-state index in [2.05, 4.69) is 5.32 Å². The van der Waals surface area contributed by atoms with Gasteiger partial charge in [-0.1, -0.05) is 35.2 Å². The number of fused-ring (bicyclic) bond motifs is 1. The Kier molecular flexibility index (Phi) is 9.01. The predicted octanol–water partition coefficient (Wildman–Crippen LogP) is 3.39. The molecule has 2 aromatic carbocycles. The Balaban J connectivity index is 1.35. The molecular formula is C26H26FN5O5S4. The maximum Gasteiger partial charge on any atom is 0.278 e. The van der Waals surface area contributed by atoms with Crippen LogP contribution in [0.3, 0.4) is 0 Å². The number of hydrogen-bond acceptors (Lipinski definition) is 9. The third-order valence-electron chi connectivity index (χ3n) is 6.47. The van der Waals surface area contributed by atoms with Gasteiger partial charge in [-0.3, -0.25) is 14.2 Å². The van der Waals surface area contributed by atoms with E-state index in [-0.39, 0.29) is 33.4 Å². The van der Waals surface area contributed by atoms with Crippen molar-refractivity contribution in [1.82, 2.24) is 19.4 Å². The van der Waals surface area contributed by atoms with E-state index in [1.807, 2.05) is 4.57 Å². The number of sulfonamides is 1. The normalized spacial score (nSPS) is 15.4. The highest BCUT2D eigenvalue weighted by molar-refractivity contribution is 7.99. The quantitative estimate of drug-likeness (QED) is 0.154. The maximum atomic E-state index is 13.7. The van der Waals surface area contributed by atoms with Crippen molar-refractivity contribution in [3.63, 3.8) is 0 Å². The first-order chi connectivity index (χ1) is 19.6. The van der Waals surface area contributed by atoms with Crippen molar-refractivity contribution >= 4 is 61.6 Å². The highest BCUT2D eigenvalue weighted by Gasteiger charge is 2.22. The lowest BCUT2D eigenvalue weighted by Crippen LogP contribution is -2.28. The molecule has 5 rings (SSSR count). The minimum Gasteiger partial charge on any atom is -0.376 e. The first kappa shape index (κ1) is 29.5. The molecule has 1 atom stereocenters. The Morgan fingerprint density at radius 2 is 1.95 bits per heavy atom. The van der Waals surface area contributed by atoms with Crippen LogP contribution >= 0.6 is 35.3 Å². The van der Waals surface area contributed by atoms with Gasteiger partial charge in [0.05, 0.1) is 29.0 Å². The number of hydrogen-bond donors (Lipinski definition) is 2. The van der Waals surface area contributed by atoms with Crippen LogP contribution in [0.25, 0.3) is 16.0 Å². The second-order valence-corrected chi connectivity index (χ2v) is 13.5. The number of aromatic nitrogens is 3. The number of nitrogens with one attached hydrogen (secondary N) is 1. The number of nitrogens with two attached hydrogens (primary N) is 1. The van der Waals surface area contributed by atoms with E-state index in [1.54, 1.807) is 12.1 Å². The second kappa shape index (κ2) is 12.5. The largest absolute Gasteiger partial charge is 0.376 e. The highest BCUT2D eigenvalue weighted by Crippen LogP contribution is 2.26. The van der Waals surface area contributed by atoms with Crippen LogP contribution in [0.2, 0.25) is 0 Å². The molecule has 3 heterocycles. The lowest BCUT2D eigenvalue weighted by molar-refractivity contribution is -0.118. The molecule has 2 aromatic heterocycles. The Bertz CT molecular complexity index is 1800. The van der Waals surface area contributed by atoms with Gasteiger partial charge in [-0.05, 0) is 73.4 Å². The molecule has 41 heavy (non-hydrogen) atoms. The number of nitrogens with zero attached hydrogens (tertiary/aromatic N) is 3.